The smallest absolute Gasteiger partial charge is 0.319 e. The first-order valence-electron chi connectivity index (χ1n) is 6.50. The average molecular weight is 301 g/mol. The minimum absolute atomic E-state index is 0.111. The Bertz CT molecular complexity index is 466. The summed E-state index contributed by atoms with van der Waals surface area (Å²) in [7, 11) is 3.04. The lowest BCUT2D eigenvalue weighted by atomic mass is 10.2. The van der Waals surface area contributed by atoms with Crippen LogP contribution in [0.1, 0.15) is 26.7 Å². The third-order valence-corrected chi connectivity index (χ3v) is 3.12. The zero-order valence-corrected chi connectivity index (χ0v) is 13.0. The number of rotatable bonds is 6. The summed E-state index contributed by atoms with van der Waals surface area (Å²) in [6.45, 7) is 4.03. The third kappa shape index (κ3) is 4.49. The standard InChI is InChI=1S/C14H21ClN2O3/c1-5-6-9(2)16-14(18)17-11-7-10(15)12(19-3)8-13(11)20-4/h7-9H,5-6H2,1-4H3,(H2,16,17,18). The number of urea groups is 1. The first-order chi connectivity index (χ1) is 9.51. The van der Waals surface area contributed by atoms with Crippen LogP contribution in [0.3, 0.4) is 0 Å². The maximum atomic E-state index is 11.9. The maximum absolute atomic E-state index is 11.9. The van der Waals surface area contributed by atoms with E-state index in [1.54, 1.807) is 12.1 Å². The van der Waals surface area contributed by atoms with Crippen molar-refractivity contribution >= 4 is 23.3 Å². The number of anilines is 1. The molecule has 0 saturated carbocycles. The van der Waals surface area contributed by atoms with E-state index in [4.69, 9.17) is 21.1 Å². The lowest BCUT2D eigenvalue weighted by Gasteiger charge is -2.16. The quantitative estimate of drug-likeness (QED) is 0.842. The van der Waals surface area contributed by atoms with Crippen molar-refractivity contribution in [1.82, 2.24) is 5.32 Å². The Balaban J connectivity index is 2.81. The molecule has 6 heteroatoms. The molecule has 1 rings (SSSR count). The van der Waals surface area contributed by atoms with Crippen LogP contribution < -0.4 is 20.1 Å². The number of halogens is 1. The van der Waals surface area contributed by atoms with Gasteiger partial charge < -0.3 is 20.1 Å². The van der Waals surface area contributed by atoms with Crippen molar-refractivity contribution in [3.05, 3.63) is 17.2 Å². The number of benzene rings is 1. The van der Waals surface area contributed by atoms with Crippen molar-refractivity contribution in [1.29, 1.82) is 0 Å². The average Bonchev–Trinajstić information content (AvgIpc) is 2.39. The van der Waals surface area contributed by atoms with Gasteiger partial charge in [0, 0.05) is 12.1 Å². The summed E-state index contributed by atoms with van der Waals surface area (Å²) < 4.78 is 10.3. The number of hydrogen-bond acceptors (Lipinski definition) is 3. The topological polar surface area (TPSA) is 59.6 Å². The van der Waals surface area contributed by atoms with Crippen LogP contribution in [0.4, 0.5) is 10.5 Å². The van der Waals surface area contributed by atoms with Crippen molar-refractivity contribution in [2.24, 2.45) is 0 Å². The van der Waals surface area contributed by atoms with Gasteiger partial charge in [-0.25, -0.2) is 4.79 Å². The molecule has 2 amide bonds. The molecule has 0 aliphatic heterocycles. The van der Waals surface area contributed by atoms with Crippen LogP contribution in [0.25, 0.3) is 0 Å². The highest BCUT2D eigenvalue weighted by Crippen LogP contribution is 2.35. The summed E-state index contributed by atoms with van der Waals surface area (Å²) in [6.07, 6.45) is 1.94. The van der Waals surface area contributed by atoms with Crippen LogP contribution in [0.15, 0.2) is 12.1 Å². The van der Waals surface area contributed by atoms with E-state index in [1.807, 2.05) is 6.92 Å². The van der Waals surface area contributed by atoms with Gasteiger partial charge in [-0.15, -0.1) is 0 Å². The van der Waals surface area contributed by atoms with Gasteiger partial charge in [-0.05, 0) is 19.4 Å². The van der Waals surface area contributed by atoms with Crippen LogP contribution in [0.2, 0.25) is 5.02 Å². The molecule has 0 saturated heterocycles. The molecular weight excluding hydrogens is 280 g/mol. The second-order valence-electron chi connectivity index (χ2n) is 4.48. The van der Waals surface area contributed by atoms with E-state index in [9.17, 15) is 4.79 Å². The van der Waals surface area contributed by atoms with E-state index in [-0.39, 0.29) is 12.1 Å². The van der Waals surface area contributed by atoms with E-state index in [1.165, 1.54) is 14.2 Å². The van der Waals surface area contributed by atoms with E-state index in [0.717, 1.165) is 12.8 Å². The second-order valence-corrected chi connectivity index (χ2v) is 4.88. The lowest BCUT2D eigenvalue weighted by Crippen LogP contribution is -2.36. The molecule has 1 aromatic carbocycles. The molecular formula is C14H21ClN2O3. The van der Waals surface area contributed by atoms with Gasteiger partial charge in [0.25, 0.3) is 0 Å². The summed E-state index contributed by atoms with van der Waals surface area (Å²) >= 11 is 6.05. The van der Waals surface area contributed by atoms with Gasteiger partial charge in [0.1, 0.15) is 11.5 Å². The Kier molecular flexibility index (Phi) is 6.45. The minimum Gasteiger partial charge on any atom is -0.495 e. The molecule has 1 aromatic rings. The molecule has 0 heterocycles. The molecule has 112 valence electrons. The highest BCUT2D eigenvalue weighted by atomic mass is 35.5. The van der Waals surface area contributed by atoms with Gasteiger partial charge in [-0.3, -0.25) is 0 Å². The summed E-state index contributed by atoms with van der Waals surface area (Å²) in [5, 5.41) is 5.98. The van der Waals surface area contributed by atoms with Crippen LogP contribution in [0, 0.1) is 0 Å². The van der Waals surface area contributed by atoms with Gasteiger partial charge >= 0.3 is 6.03 Å². The van der Waals surface area contributed by atoms with Gasteiger partial charge in [-0.1, -0.05) is 24.9 Å². The monoisotopic (exact) mass is 300 g/mol. The van der Waals surface area contributed by atoms with Crippen molar-refractivity contribution in [2.75, 3.05) is 19.5 Å². The summed E-state index contributed by atoms with van der Waals surface area (Å²) in [5.41, 5.74) is 0.500. The molecule has 2 N–H and O–H groups in total. The van der Waals surface area contributed by atoms with E-state index >= 15 is 0 Å². The molecule has 1 unspecified atom stereocenters. The lowest BCUT2D eigenvalue weighted by molar-refractivity contribution is 0.248. The fourth-order valence-corrected chi connectivity index (χ4v) is 2.09. The van der Waals surface area contributed by atoms with Crippen molar-refractivity contribution in [3.63, 3.8) is 0 Å². The minimum atomic E-state index is -0.287. The predicted molar refractivity (Wildman–Crippen MR) is 81.1 cm³/mol. The highest BCUT2D eigenvalue weighted by molar-refractivity contribution is 6.32. The zero-order valence-electron chi connectivity index (χ0n) is 12.2. The van der Waals surface area contributed by atoms with Crippen LogP contribution in [-0.4, -0.2) is 26.3 Å². The molecule has 5 nitrogen and oxygen atoms in total. The molecule has 20 heavy (non-hydrogen) atoms. The number of nitrogens with one attached hydrogen (secondary N) is 2. The number of carbonyl (C=O) groups is 1. The molecule has 0 aliphatic carbocycles. The predicted octanol–water partition coefficient (Wildman–Crippen LogP) is 3.67. The van der Waals surface area contributed by atoms with Gasteiger partial charge in [0.05, 0.1) is 24.9 Å². The number of amides is 2. The maximum Gasteiger partial charge on any atom is 0.319 e. The summed E-state index contributed by atoms with van der Waals surface area (Å²) in [4.78, 5) is 11.9. The number of hydrogen-bond donors (Lipinski definition) is 2. The molecule has 0 fully saturated rings. The summed E-state index contributed by atoms with van der Waals surface area (Å²) in [5.74, 6) is 0.985. The van der Waals surface area contributed by atoms with Crippen molar-refractivity contribution in [3.8, 4) is 11.5 Å². The molecule has 1 atom stereocenters. The number of methoxy groups -OCH3 is 2. The van der Waals surface area contributed by atoms with E-state index < -0.39 is 0 Å². The van der Waals surface area contributed by atoms with Gasteiger partial charge in [-0.2, -0.15) is 0 Å². The van der Waals surface area contributed by atoms with E-state index in [2.05, 4.69) is 17.6 Å². The van der Waals surface area contributed by atoms with Crippen LogP contribution in [0.5, 0.6) is 11.5 Å². The molecule has 0 bridgehead atoms. The first-order valence-corrected chi connectivity index (χ1v) is 6.88. The second kappa shape index (κ2) is 7.85. The highest BCUT2D eigenvalue weighted by Gasteiger charge is 2.13. The molecule has 0 radical (unpaired) electrons. The Labute approximate surface area is 124 Å². The fraction of sp³-hybridized carbons (Fsp3) is 0.500. The Morgan fingerprint density at radius 1 is 1.30 bits per heavy atom. The largest absolute Gasteiger partial charge is 0.495 e. The molecule has 0 aromatic heterocycles. The molecule has 0 spiro atoms. The van der Waals surface area contributed by atoms with Crippen LogP contribution >= 0.6 is 11.6 Å². The first kappa shape index (κ1) is 16.4. The van der Waals surface area contributed by atoms with Crippen molar-refractivity contribution in [2.45, 2.75) is 32.7 Å². The zero-order chi connectivity index (χ0) is 15.1. The third-order valence-electron chi connectivity index (χ3n) is 2.82. The van der Waals surface area contributed by atoms with Crippen molar-refractivity contribution < 1.29 is 14.3 Å². The summed E-state index contributed by atoms with van der Waals surface area (Å²) in [6, 6.07) is 3.06. The fourth-order valence-electron chi connectivity index (χ4n) is 1.85. The SMILES string of the molecule is CCCC(C)NC(=O)Nc1cc(Cl)c(OC)cc1OC. The van der Waals surface area contributed by atoms with Crippen LogP contribution in [-0.2, 0) is 0 Å². The Morgan fingerprint density at radius 2 is 1.95 bits per heavy atom. The Hall–Kier alpha value is -1.62. The number of ether oxygens (including phenoxy) is 2. The Morgan fingerprint density at radius 3 is 2.50 bits per heavy atom. The molecule has 0 aliphatic rings. The number of carbonyl (C=O) groups excluding carboxylic acids is 1. The van der Waals surface area contributed by atoms with Gasteiger partial charge in [0.15, 0.2) is 0 Å². The van der Waals surface area contributed by atoms with E-state index in [0.29, 0.717) is 22.2 Å². The normalized spacial score (nSPS) is 11.7. The van der Waals surface area contributed by atoms with Gasteiger partial charge in [0.2, 0.25) is 0 Å².